The maximum atomic E-state index is 12.7. The molecule has 1 N–H and O–H groups in total. The number of pyridine rings is 1. The number of aromatic nitrogens is 1. The van der Waals surface area contributed by atoms with Gasteiger partial charge in [-0.3, -0.25) is 19.3 Å². The van der Waals surface area contributed by atoms with Gasteiger partial charge in [0, 0.05) is 50.4 Å². The van der Waals surface area contributed by atoms with Gasteiger partial charge in [-0.25, -0.2) is 0 Å². The van der Waals surface area contributed by atoms with Crippen molar-refractivity contribution in [3.63, 3.8) is 0 Å². The van der Waals surface area contributed by atoms with Gasteiger partial charge in [-0.1, -0.05) is 6.07 Å². The average Bonchev–Trinajstić information content (AvgIpc) is 2.75. The van der Waals surface area contributed by atoms with Crippen molar-refractivity contribution in [2.75, 3.05) is 33.2 Å². The van der Waals surface area contributed by atoms with Crippen LogP contribution in [0.3, 0.4) is 0 Å². The van der Waals surface area contributed by atoms with Gasteiger partial charge in [0.2, 0.25) is 11.8 Å². The number of hydrogen-bond acceptors (Lipinski definition) is 4. The lowest BCUT2D eigenvalue weighted by Gasteiger charge is -2.49. The van der Waals surface area contributed by atoms with Crippen molar-refractivity contribution >= 4 is 11.8 Å². The lowest BCUT2D eigenvalue weighted by Crippen LogP contribution is -2.62. The number of likely N-dealkylation sites (N-methyl/N-ethyl adjacent to an activating group) is 1. The molecule has 1 atom stereocenters. The molecule has 130 valence electrons. The Kier molecular flexibility index (Phi) is 4.71. The van der Waals surface area contributed by atoms with Crippen molar-refractivity contribution in [2.45, 2.75) is 31.3 Å². The van der Waals surface area contributed by atoms with Gasteiger partial charge < -0.3 is 14.8 Å². The fourth-order valence-electron chi connectivity index (χ4n) is 3.65. The number of rotatable bonds is 2. The lowest BCUT2D eigenvalue weighted by atomic mass is 9.86. The molecule has 3 rings (SSSR count). The fraction of sp³-hybridized carbons (Fsp3) is 0.588. The molecule has 7 nitrogen and oxygen atoms in total. The SMILES string of the molecule is CN1CCN(C(=O)Cn2ccccc2=O)C[C@@]12CCNC(=O)CC2. The maximum Gasteiger partial charge on any atom is 0.250 e. The van der Waals surface area contributed by atoms with Crippen LogP contribution in [-0.2, 0) is 16.1 Å². The lowest BCUT2D eigenvalue weighted by molar-refractivity contribution is -0.137. The van der Waals surface area contributed by atoms with Gasteiger partial charge in [0.05, 0.1) is 0 Å². The summed E-state index contributed by atoms with van der Waals surface area (Å²) in [6.07, 6.45) is 3.72. The van der Waals surface area contributed by atoms with Crippen molar-refractivity contribution in [3.8, 4) is 0 Å². The molecule has 2 amide bonds. The van der Waals surface area contributed by atoms with Gasteiger partial charge in [-0.15, -0.1) is 0 Å². The highest BCUT2D eigenvalue weighted by Gasteiger charge is 2.42. The molecule has 1 aromatic rings. The highest BCUT2D eigenvalue weighted by atomic mass is 16.2. The molecule has 2 aliphatic heterocycles. The summed E-state index contributed by atoms with van der Waals surface area (Å²) < 4.78 is 1.44. The van der Waals surface area contributed by atoms with E-state index in [4.69, 9.17) is 0 Å². The number of hydrogen-bond donors (Lipinski definition) is 1. The van der Waals surface area contributed by atoms with Crippen LogP contribution in [0, 0.1) is 0 Å². The number of nitrogens with one attached hydrogen (secondary N) is 1. The topological polar surface area (TPSA) is 74.7 Å². The Morgan fingerprint density at radius 3 is 2.88 bits per heavy atom. The van der Waals surface area contributed by atoms with E-state index in [2.05, 4.69) is 17.3 Å². The summed E-state index contributed by atoms with van der Waals surface area (Å²) in [6.45, 7) is 2.75. The van der Waals surface area contributed by atoms with Gasteiger partial charge in [-0.2, -0.15) is 0 Å². The molecule has 0 bridgehead atoms. The smallest absolute Gasteiger partial charge is 0.250 e. The molecule has 2 saturated heterocycles. The van der Waals surface area contributed by atoms with Crippen LogP contribution in [0.15, 0.2) is 29.2 Å². The quantitative estimate of drug-likeness (QED) is 0.804. The molecule has 0 aliphatic carbocycles. The summed E-state index contributed by atoms with van der Waals surface area (Å²) >= 11 is 0. The first-order valence-electron chi connectivity index (χ1n) is 8.41. The standard InChI is InChI=1S/C17H24N4O3/c1-19-10-11-21(13-17(19)6-5-14(22)18-8-7-17)16(24)12-20-9-3-2-4-15(20)23/h2-4,9H,5-8,10-13H2,1H3,(H,18,22)/t17-/m1/s1. The van der Waals surface area contributed by atoms with E-state index >= 15 is 0 Å². The van der Waals surface area contributed by atoms with Gasteiger partial charge in [0.15, 0.2) is 0 Å². The number of amides is 2. The molecule has 1 spiro atoms. The van der Waals surface area contributed by atoms with Crippen molar-refractivity contribution in [1.29, 1.82) is 0 Å². The van der Waals surface area contributed by atoms with E-state index in [0.717, 1.165) is 19.4 Å². The molecule has 1 aromatic heterocycles. The monoisotopic (exact) mass is 332 g/mol. The zero-order valence-corrected chi connectivity index (χ0v) is 14.0. The summed E-state index contributed by atoms with van der Waals surface area (Å²) in [5, 5.41) is 2.91. The average molecular weight is 332 g/mol. The highest BCUT2D eigenvalue weighted by Crippen LogP contribution is 2.30. The number of carbonyl (C=O) groups excluding carboxylic acids is 2. The van der Waals surface area contributed by atoms with Crippen LogP contribution in [-0.4, -0.2) is 64.9 Å². The van der Waals surface area contributed by atoms with Crippen molar-refractivity contribution < 1.29 is 9.59 Å². The van der Waals surface area contributed by atoms with E-state index in [1.54, 1.807) is 18.3 Å². The third-order valence-corrected chi connectivity index (χ3v) is 5.29. The highest BCUT2D eigenvalue weighted by molar-refractivity contribution is 5.77. The number of carbonyl (C=O) groups is 2. The van der Waals surface area contributed by atoms with Crippen LogP contribution in [0.25, 0.3) is 0 Å². The van der Waals surface area contributed by atoms with Crippen LogP contribution in [0.2, 0.25) is 0 Å². The Labute approximate surface area is 141 Å². The van der Waals surface area contributed by atoms with Gasteiger partial charge in [-0.05, 0) is 26.0 Å². The summed E-state index contributed by atoms with van der Waals surface area (Å²) in [7, 11) is 2.07. The third kappa shape index (κ3) is 3.36. The van der Waals surface area contributed by atoms with Crippen LogP contribution >= 0.6 is 0 Å². The molecule has 0 aromatic carbocycles. The van der Waals surface area contributed by atoms with E-state index in [1.807, 2.05) is 4.90 Å². The van der Waals surface area contributed by atoms with Gasteiger partial charge in [0.25, 0.3) is 5.56 Å². The van der Waals surface area contributed by atoms with Crippen LogP contribution in [0.1, 0.15) is 19.3 Å². The largest absolute Gasteiger partial charge is 0.356 e. The Morgan fingerprint density at radius 2 is 2.08 bits per heavy atom. The second-order valence-corrected chi connectivity index (χ2v) is 6.73. The van der Waals surface area contributed by atoms with Crippen LogP contribution < -0.4 is 10.9 Å². The number of nitrogens with zero attached hydrogens (tertiary/aromatic N) is 3. The summed E-state index contributed by atoms with van der Waals surface area (Å²) in [5.74, 6) is 0.0406. The Morgan fingerprint density at radius 1 is 1.25 bits per heavy atom. The molecule has 3 heterocycles. The summed E-state index contributed by atoms with van der Waals surface area (Å²) in [4.78, 5) is 40.3. The first-order chi connectivity index (χ1) is 11.5. The second kappa shape index (κ2) is 6.76. The molecular formula is C17H24N4O3. The van der Waals surface area contributed by atoms with Gasteiger partial charge in [0.1, 0.15) is 6.54 Å². The van der Waals surface area contributed by atoms with E-state index in [-0.39, 0.29) is 29.5 Å². The minimum Gasteiger partial charge on any atom is -0.356 e. The Hall–Kier alpha value is -2.15. The van der Waals surface area contributed by atoms with E-state index in [1.165, 1.54) is 10.6 Å². The molecule has 0 unspecified atom stereocenters. The zero-order valence-electron chi connectivity index (χ0n) is 14.0. The predicted octanol–water partition coefficient (Wildman–Crippen LogP) is -0.339. The van der Waals surface area contributed by atoms with Crippen molar-refractivity contribution in [1.82, 2.24) is 19.7 Å². The second-order valence-electron chi connectivity index (χ2n) is 6.73. The predicted molar refractivity (Wildman–Crippen MR) is 89.5 cm³/mol. The summed E-state index contributed by atoms with van der Waals surface area (Å²) in [5.41, 5.74) is -0.326. The molecule has 2 aliphatic rings. The number of piperazine rings is 1. The third-order valence-electron chi connectivity index (χ3n) is 5.29. The molecular weight excluding hydrogens is 308 g/mol. The van der Waals surface area contributed by atoms with E-state index in [9.17, 15) is 14.4 Å². The first-order valence-corrected chi connectivity index (χ1v) is 8.41. The maximum absolute atomic E-state index is 12.7. The molecule has 24 heavy (non-hydrogen) atoms. The zero-order chi connectivity index (χ0) is 17.2. The first kappa shape index (κ1) is 16.7. The molecule has 0 saturated carbocycles. The van der Waals surface area contributed by atoms with E-state index < -0.39 is 0 Å². The minimum absolute atomic E-state index is 0.0423. The molecule has 7 heteroatoms. The van der Waals surface area contributed by atoms with Gasteiger partial charge >= 0.3 is 0 Å². The fourth-order valence-corrected chi connectivity index (χ4v) is 3.65. The Bertz CT molecular complexity index is 686. The molecule has 2 fully saturated rings. The summed E-state index contributed by atoms with van der Waals surface area (Å²) in [6, 6.07) is 4.88. The van der Waals surface area contributed by atoms with Crippen LogP contribution in [0.5, 0.6) is 0 Å². The Balaban J connectivity index is 1.73. The minimum atomic E-state index is -0.168. The molecule has 0 radical (unpaired) electrons. The van der Waals surface area contributed by atoms with Crippen LogP contribution in [0.4, 0.5) is 0 Å². The van der Waals surface area contributed by atoms with E-state index in [0.29, 0.717) is 26.1 Å². The normalized spacial score (nSPS) is 25.4. The van der Waals surface area contributed by atoms with Crippen molar-refractivity contribution in [3.05, 3.63) is 34.7 Å². The van der Waals surface area contributed by atoms with Crippen molar-refractivity contribution in [2.24, 2.45) is 0 Å².